The molecule has 0 saturated heterocycles. The third-order valence-electron chi connectivity index (χ3n) is 2.14. The van der Waals surface area contributed by atoms with Gasteiger partial charge in [-0.25, -0.2) is 0 Å². The zero-order valence-corrected chi connectivity index (χ0v) is 11.6. The Balaban J connectivity index is 2.83. The van der Waals surface area contributed by atoms with Crippen LogP contribution in [0.25, 0.3) is 11.3 Å². The van der Waals surface area contributed by atoms with E-state index in [9.17, 15) is 0 Å². The minimum atomic E-state index is -2.56. The molecule has 0 atom stereocenters. The topological polar surface area (TPSA) is 12.9 Å². The van der Waals surface area contributed by atoms with E-state index < -0.39 is 19.3 Å². The zero-order chi connectivity index (χ0) is 17.7. The van der Waals surface area contributed by atoms with Gasteiger partial charge in [0.2, 0.25) is 0 Å². The van der Waals surface area contributed by atoms with Crippen LogP contribution in [0.5, 0.6) is 0 Å². The molecule has 0 bridgehead atoms. The summed E-state index contributed by atoms with van der Waals surface area (Å²) in [5.74, 6) is 6.04. The molecule has 0 aliphatic rings. The molecule has 0 amide bonds. The van der Waals surface area contributed by atoms with E-state index in [2.05, 4.69) is 4.98 Å². The van der Waals surface area contributed by atoms with Crippen LogP contribution in [-0.2, 0) is 0 Å². The van der Waals surface area contributed by atoms with Crippen LogP contribution in [0.2, 0.25) is 17.3 Å². The summed E-state index contributed by atoms with van der Waals surface area (Å²) in [6.07, 6.45) is -0.0686. The standard InChI is InChI=1S/C14H17GeN/c1-15(2,3)13-9-10-14(16-11-13)12-7-5-4-6-8-12/h4-11H,1-3H3/i4D,5D,6D,7D,9D,10D,11D. The first kappa shape index (κ1) is 5.50. The Bertz CT molecular complexity index is 799. The SMILES string of the molecule is [2H]c1cc(-c2nc([2H])[c]([Ge]([CH3])([CH3])[CH3])c([2H])c2[2H])c([2H])c([2H])c1[2H]. The fraction of sp³-hybridized carbons (Fsp3) is 0.214. The van der Waals surface area contributed by atoms with Crippen LogP contribution in [-0.4, -0.2) is 18.3 Å². The molecule has 0 fully saturated rings. The fourth-order valence-corrected chi connectivity index (χ4v) is 2.92. The van der Waals surface area contributed by atoms with Crippen molar-refractivity contribution in [2.75, 3.05) is 0 Å². The van der Waals surface area contributed by atoms with Gasteiger partial charge in [-0.05, 0) is 0 Å². The molecule has 1 heterocycles. The summed E-state index contributed by atoms with van der Waals surface area (Å²) < 4.78 is 56.0. The molecule has 1 nitrogen and oxygen atoms in total. The number of nitrogens with zero attached hydrogens (tertiary/aromatic N) is 1. The van der Waals surface area contributed by atoms with Crippen LogP contribution in [0.4, 0.5) is 0 Å². The van der Waals surface area contributed by atoms with Gasteiger partial charge in [-0.15, -0.1) is 0 Å². The molecular formula is C14H17GeN. The van der Waals surface area contributed by atoms with Crippen molar-refractivity contribution in [2.24, 2.45) is 0 Å². The Morgan fingerprint density at radius 1 is 1.06 bits per heavy atom. The number of pyridine rings is 1. The van der Waals surface area contributed by atoms with Gasteiger partial charge in [0.05, 0.1) is 0 Å². The third-order valence-corrected chi connectivity index (χ3v) is 5.78. The van der Waals surface area contributed by atoms with Crippen LogP contribution in [0.3, 0.4) is 0 Å². The van der Waals surface area contributed by atoms with E-state index in [0.29, 0.717) is 4.40 Å². The van der Waals surface area contributed by atoms with Crippen LogP contribution in [0.1, 0.15) is 9.60 Å². The summed E-state index contributed by atoms with van der Waals surface area (Å²) in [6.45, 7) is 0. The average molecular weight is 279 g/mol. The Morgan fingerprint density at radius 3 is 2.62 bits per heavy atom. The van der Waals surface area contributed by atoms with Gasteiger partial charge >= 0.3 is 109 Å². The molecule has 0 radical (unpaired) electrons. The molecule has 0 saturated carbocycles. The number of rotatable bonds is 2. The molecule has 0 aliphatic carbocycles. The summed E-state index contributed by atoms with van der Waals surface area (Å²) in [5, 5.41) is 0. The second-order valence-electron chi connectivity index (χ2n) is 4.52. The quantitative estimate of drug-likeness (QED) is 0.768. The second kappa shape index (κ2) is 4.42. The van der Waals surface area contributed by atoms with Crippen molar-refractivity contribution in [3.63, 3.8) is 0 Å². The zero-order valence-electron chi connectivity index (χ0n) is 16.5. The van der Waals surface area contributed by atoms with E-state index >= 15 is 0 Å². The molecule has 0 aliphatic heterocycles. The molecule has 2 rings (SSSR count). The Kier molecular flexibility index (Phi) is 1.52. The second-order valence-corrected chi connectivity index (χ2v) is 15.0. The third kappa shape index (κ3) is 2.53. The van der Waals surface area contributed by atoms with Gasteiger partial charge in [0.1, 0.15) is 0 Å². The van der Waals surface area contributed by atoms with E-state index in [1.54, 1.807) is 0 Å². The number of aromatic nitrogens is 1. The minimum absolute atomic E-state index is 0.0394. The van der Waals surface area contributed by atoms with Gasteiger partial charge in [-0.2, -0.15) is 0 Å². The summed E-state index contributed by atoms with van der Waals surface area (Å²) in [5.41, 5.74) is 0.0124. The molecule has 0 spiro atoms. The van der Waals surface area contributed by atoms with Crippen molar-refractivity contribution in [1.29, 1.82) is 0 Å². The average Bonchev–Trinajstić information content (AvgIpc) is 2.43. The van der Waals surface area contributed by atoms with Crippen molar-refractivity contribution >= 4 is 17.7 Å². The summed E-state index contributed by atoms with van der Waals surface area (Å²) in [7, 11) is 0. The van der Waals surface area contributed by atoms with Gasteiger partial charge in [0.15, 0.2) is 0 Å². The first-order valence-electron chi connectivity index (χ1n) is 8.52. The van der Waals surface area contributed by atoms with E-state index in [0.717, 1.165) is 0 Å². The molecule has 0 unspecified atom stereocenters. The van der Waals surface area contributed by atoms with Crippen molar-refractivity contribution < 1.29 is 9.60 Å². The van der Waals surface area contributed by atoms with E-state index in [1.165, 1.54) is 6.07 Å². The number of hydrogen-bond acceptors (Lipinski definition) is 1. The predicted molar refractivity (Wildman–Crippen MR) is 72.7 cm³/mol. The van der Waals surface area contributed by atoms with Crippen LogP contribution < -0.4 is 4.40 Å². The maximum atomic E-state index is 8.21. The van der Waals surface area contributed by atoms with Crippen molar-refractivity contribution in [3.05, 3.63) is 48.5 Å². The van der Waals surface area contributed by atoms with Crippen LogP contribution in [0.15, 0.2) is 48.5 Å². The van der Waals surface area contributed by atoms with E-state index in [1.807, 2.05) is 17.3 Å². The first-order valence-corrected chi connectivity index (χ1v) is 12.4. The normalized spacial score (nSPS) is 17.6. The summed E-state index contributed by atoms with van der Waals surface area (Å²) >= 11 is -2.56. The Morgan fingerprint density at radius 2 is 1.88 bits per heavy atom. The molecule has 82 valence electrons. The molecule has 0 N–H and O–H groups in total. The van der Waals surface area contributed by atoms with E-state index in [4.69, 9.17) is 9.60 Å². The molecule has 2 heteroatoms. The van der Waals surface area contributed by atoms with Gasteiger partial charge in [0, 0.05) is 0 Å². The van der Waals surface area contributed by atoms with Gasteiger partial charge in [-0.3, -0.25) is 0 Å². The number of hydrogen-bond donors (Lipinski definition) is 0. The molecule has 1 aromatic carbocycles. The van der Waals surface area contributed by atoms with Gasteiger partial charge in [-0.1, -0.05) is 0 Å². The summed E-state index contributed by atoms with van der Waals surface area (Å²) in [4.78, 5) is 4.10. The molecule has 2 aromatic rings. The van der Waals surface area contributed by atoms with Crippen molar-refractivity contribution in [3.8, 4) is 11.3 Å². The Labute approximate surface area is 110 Å². The molecular weight excluding hydrogens is 255 g/mol. The molecule has 16 heavy (non-hydrogen) atoms. The summed E-state index contributed by atoms with van der Waals surface area (Å²) in [6, 6.07) is -0.358. The monoisotopic (exact) mass is 280 g/mol. The van der Waals surface area contributed by atoms with Gasteiger partial charge < -0.3 is 0 Å². The fourth-order valence-electron chi connectivity index (χ4n) is 1.18. The van der Waals surface area contributed by atoms with Crippen molar-refractivity contribution in [2.45, 2.75) is 17.3 Å². The van der Waals surface area contributed by atoms with Gasteiger partial charge in [0.25, 0.3) is 0 Å². The van der Waals surface area contributed by atoms with Crippen molar-refractivity contribution in [1.82, 2.24) is 4.98 Å². The first-order chi connectivity index (χ1) is 10.5. The molecule has 1 aromatic heterocycles. The van der Waals surface area contributed by atoms with E-state index in [-0.39, 0.29) is 47.6 Å². The predicted octanol–water partition coefficient (Wildman–Crippen LogP) is 3.29. The Hall–Kier alpha value is -1.09. The maximum absolute atomic E-state index is 8.21. The van der Waals surface area contributed by atoms with Crippen LogP contribution >= 0.6 is 0 Å². The number of benzene rings is 1. The van der Waals surface area contributed by atoms with Crippen LogP contribution in [0, 0.1) is 0 Å².